The Balaban J connectivity index is 1.53. The van der Waals surface area contributed by atoms with Gasteiger partial charge in [0.2, 0.25) is 5.91 Å². The van der Waals surface area contributed by atoms with Gasteiger partial charge in [0, 0.05) is 5.38 Å². The fourth-order valence-electron chi connectivity index (χ4n) is 1.76. The first-order valence-electron chi connectivity index (χ1n) is 6.56. The molecule has 0 atom stereocenters. The van der Waals surface area contributed by atoms with E-state index in [9.17, 15) is 9.59 Å². The van der Waals surface area contributed by atoms with Crippen LogP contribution in [-0.2, 0) is 11.2 Å². The Bertz CT molecular complexity index is 889. The normalized spacial score (nSPS) is 10.6. The van der Waals surface area contributed by atoms with Crippen molar-refractivity contribution in [2.24, 2.45) is 0 Å². The molecule has 0 saturated carbocycles. The molecule has 124 valence electrons. The lowest BCUT2D eigenvalue weighted by Crippen LogP contribution is -2.42. The predicted molar refractivity (Wildman–Crippen MR) is 102 cm³/mol. The Morgan fingerprint density at radius 2 is 2.00 bits per heavy atom. The number of hydrazine groups is 1. The molecule has 0 aliphatic carbocycles. The summed E-state index contributed by atoms with van der Waals surface area (Å²) in [7, 11) is 0. The van der Waals surface area contributed by atoms with E-state index in [-0.39, 0.29) is 18.2 Å². The number of thiophene rings is 2. The zero-order chi connectivity index (χ0) is 17.1. The molecule has 0 radical (unpaired) electrons. The van der Waals surface area contributed by atoms with Gasteiger partial charge in [0.15, 0.2) is 0 Å². The van der Waals surface area contributed by atoms with Crippen LogP contribution in [0.2, 0.25) is 4.34 Å². The van der Waals surface area contributed by atoms with Crippen molar-refractivity contribution in [2.45, 2.75) is 6.42 Å². The van der Waals surface area contributed by atoms with Crippen LogP contribution in [0.3, 0.4) is 0 Å². The van der Waals surface area contributed by atoms with Crippen molar-refractivity contribution in [3.05, 3.63) is 48.3 Å². The number of carbonyl (C=O) groups excluding carboxylic acids is 2. The van der Waals surface area contributed by atoms with Gasteiger partial charge < -0.3 is 0 Å². The van der Waals surface area contributed by atoms with Crippen LogP contribution in [0.15, 0.2) is 33.4 Å². The van der Waals surface area contributed by atoms with E-state index in [1.807, 2.05) is 17.5 Å². The van der Waals surface area contributed by atoms with Gasteiger partial charge in [-0.15, -0.1) is 34.0 Å². The van der Waals surface area contributed by atoms with Gasteiger partial charge in [-0.25, -0.2) is 4.98 Å². The van der Waals surface area contributed by atoms with Gasteiger partial charge in [0.25, 0.3) is 5.91 Å². The maximum atomic E-state index is 11.9. The van der Waals surface area contributed by atoms with Gasteiger partial charge in [0.1, 0.15) is 5.01 Å². The third-order valence-electron chi connectivity index (χ3n) is 2.79. The molecule has 0 aromatic carbocycles. The molecule has 0 bridgehead atoms. The zero-order valence-electron chi connectivity index (χ0n) is 11.8. The molecule has 10 heteroatoms. The largest absolute Gasteiger partial charge is 0.279 e. The summed E-state index contributed by atoms with van der Waals surface area (Å²) in [5, 5.41) is 2.64. The minimum atomic E-state index is -0.355. The van der Waals surface area contributed by atoms with Crippen molar-refractivity contribution in [3.63, 3.8) is 0 Å². The number of halogens is 2. The van der Waals surface area contributed by atoms with E-state index in [0.717, 1.165) is 13.7 Å². The molecule has 0 aliphatic heterocycles. The third-order valence-corrected chi connectivity index (χ3v) is 6.70. The maximum Gasteiger partial charge on any atom is 0.279 e. The molecule has 24 heavy (non-hydrogen) atoms. The Morgan fingerprint density at radius 1 is 1.17 bits per heavy atom. The zero-order valence-corrected chi connectivity index (χ0v) is 16.6. The van der Waals surface area contributed by atoms with Crippen molar-refractivity contribution >= 4 is 73.4 Å². The topological polar surface area (TPSA) is 71.1 Å². The quantitative estimate of drug-likeness (QED) is 0.566. The van der Waals surface area contributed by atoms with E-state index < -0.39 is 0 Å². The highest BCUT2D eigenvalue weighted by Gasteiger charge is 2.12. The second-order valence-electron chi connectivity index (χ2n) is 4.53. The van der Waals surface area contributed by atoms with Crippen molar-refractivity contribution in [2.75, 3.05) is 0 Å². The fraction of sp³-hybridized carbons (Fsp3) is 0.0714. The monoisotopic (exact) mass is 461 g/mol. The number of carbonyl (C=O) groups is 2. The van der Waals surface area contributed by atoms with Crippen LogP contribution in [0.1, 0.15) is 15.4 Å². The molecule has 3 aromatic rings. The van der Waals surface area contributed by atoms with Gasteiger partial charge in [0.05, 0.1) is 30.0 Å². The van der Waals surface area contributed by atoms with E-state index in [4.69, 9.17) is 11.6 Å². The third kappa shape index (κ3) is 4.42. The number of rotatable bonds is 4. The number of nitrogens with one attached hydrogen (secondary N) is 2. The summed E-state index contributed by atoms with van der Waals surface area (Å²) in [6.45, 7) is 0. The SMILES string of the molecule is O=C(Cc1csc(-c2ccc(Cl)s2)n1)NNC(=O)c1ccc(Br)s1. The lowest BCUT2D eigenvalue weighted by atomic mass is 10.3. The fourth-order valence-corrected chi connectivity index (χ4v) is 4.98. The van der Waals surface area contributed by atoms with Crippen molar-refractivity contribution in [3.8, 4) is 9.88 Å². The van der Waals surface area contributed by atoms with Crippen LogP contribution in [0, 0.1) is 0 Å². The average Bonchev–Trinajstić information content (AvgIpc) is 3.26. The van der Waals surface area contributed by atoms with Crippen molar-refractivity contribution in [1.29, 1.82) is 0 Å². The van der Waals surface area contributed by atoms with Crippen LogP contribution in [0.25, 0.3) is 9.88 Å². The Hall–Kier alpha value is -1.26. The molecule has 0 unspecified atom stereocenters. The summed E-state index contributed by atoms with van der Waals surface area (Å²) in [5.41, 5.74) is 5.42. The number of amides is 2. The summed E-state index contributed by atoms with van der Waals surface area (Å²) in [6.07, 6.45) is 0.0873. The molecule has 3 rings (SSSR count). The molecule has 3 heterocycles. The van der Waals surface area contributed by atoms with E-state index in [1.54, 1.807) is 12.1 Å². The number of nitrogens with zero attached hydrogens (tertiary/aromatic N) is 1. The molecule has 0 aliphatic rings. The maximum absolute atomic E-state index is 11.9. The molecule has 0 fully saturated rings. The highest BCUT2D eigenvalue weighted by Crippen LogP contribution is 2.32. The molecule has 5 nitrogen and oxygen atoms in total. The van der Waals surface area contributed by atoms with Crippen molar-refractivity contribution < 1.29 is 9.59 Å². The first kappa shape index (κ1) is 17.6. The average molecular weight is 463 g/mol. The van der Waals surface area contributed by atoms with Gasteiger partial charge in [-0.3, -0.25) is 20.4 Å². The lowest BCUT2D eigenvalue weighted by Gasteiger charge is -2.04. The van der Waals surface area contributed by atoms with E-state index in [0.29, 0.717) is 14.9 Å². The summed E-state index contributed by atoms with van der Waals surface area (Å²) < 4.78 is 1.55. The van der Waals surface area contributed by atoms with Gasteiger partial charge in [-0.1, -0.05) is 11.6 Å². The Kier molecular flexibility index (Phi) is 5.67. The minimum Gasteiger partial charge on any atom is -0.273 e. The molecule has 2 N–H and O–H groups in total. The number of thiazole rings is 1. The van der Waals surface area contributed by atoms with Gasteiger partial charge in [-0.05, 0) is 40.2 Å². The van der Waals surface area contributed by atoms with E-state index in [2.05, 4.69) is 31.8 Å². The first-order valence-corrected chi connectivity index (χ1v) is 10.2. The summed E-state index contributed by atoms with van der Waals surface area (Å²) in [6, 6.07) is 7.16. The molecule has 0 spiro atoms. The van der Waals surface area contributed by atoms with Gasteiger partial charge >= 0.3 is 0 Å². The highest BCUT2D eigenvalue weighted by atomic mass is 79.9. The molecule has 0 saturated heterocycles. The van der Waals surface area contributed by atoms with Gasteiger partial charge in [-0.2, -0.15) is 0 Å². The number of hydrogen-bond acceptors (Lipinski definition) is 6. The van der Waals surface area contributed by atoms with Crippen LogP contribution >= 0.6 is 61.5 Å². The van der Waals surface area contributed by atoms with Crippen LogP contribution in [-0.4, -0.2) is 16.8 Å². The second-order valence-corrected chi connectivity index (χ2v) is 9.57. The summed E-state index contributed by atoms with van der Waals surface area (Å²) in [4.78, 5) is 29.7. The molecule has 2 amide bonds. The molecule has 3 aromatic heterocycles. The number of aromatic nitrogens is 1. The summed E-state index contributed by atoms with van der Waals surface area (Å²) in [5.74, 6) is -0.689. The molecular formula is C14H9BrClN3O2S3. The van der Waals surface area contributed by atoms with E-state index in [1.165, 1.54) is 34.0 Å². The van der Waals surface area contributed by atoms with Crippen LogP contribution in [0.4, 0.5) is 0 Å². The summed E-state index contributed by atoms with van der Waals surface area (Å²) >= 11 is 13.4. The predicted octanol–water partition coefficient (Wildman–Crippen LogP) is 4.35. The Labute approximate surface area is 162 Å². The highest BCUT2D eigenvalue weighted by molar-refractivity contribution is 9.11. The first-order chi connectivity index (χ1) is 11.5. The minimum absolute atomic E-state index is 0.0873. The standard InChI is InChI=1S/C14H9BrClN3O2S3/c15-10-3-1-8(23-10)13(21)19-18-12(20)5-7-6-22-14(17-7)9-2-4-11(16)24-9/h1-4,6H,5H2,(H,18,20)(H,19,21). The Morgan fingerprint density at radius 3 is 2.67 bits per heavy atom. The van der Waals surface area contributed by atoms with Crippen LogP contribution in [0.5, 0.6) is 0 Å². The number of hydrogen-bond donors (Lipinski definition) is 2. The van der Waals surface area contributed by atoms with E-state index >= 15 is 0 Å². The smallest absolute Gasteiger partial charge is 0.273 e. The second kappa shape index (κ2) is 7.75. The van der Waals surface area contributed by atoms with Crippen molar-refractivity contribution in [1.82, 2.24) is 15.8 Å². The lowest BCUT2D eigenvalue weighted by molar-refractivity contribution is -0.121. The molecular weight excluding hydrogens is 454 g/mol. The van der Waals surface area contributed by atoms with Crippen LogP contribution < -0.4 is 10.9 Å².